The molecular weight excluding hydrogens is 365 g/mol. The molecule has 1 N–H and O–H groups in total. The minimum Gasteiger partial charge on any atom is -0.346 e. The molecule has 0 spiro atoms. The van der Waals surface area contributed by atoms with E-state index in [1.165, 1.54) is 11.3 Å². The van der Waals surface area contributed by atoms with Crippen LogP contribution in [0.5, 0.6) is 0 Å². The number of nitrogens with one attached hydrogen (secondary N) is 1. The highest BCUT2D eigenvalue weighted by atomic mass is 35.5. The monoisotopic (exact) mass is 377 g/mol. The van der Waals surface area contributed by atoms with Crippen molar-refractivity contribution in [2.24, 2.45) is 0 Å². The topological polar surface area (TPSA) is 54.9 Å². The van der Waals surface area contributed by atoms with Gasteiger partial charge in [0, 0.05) is 11.8 Å². The van der Waals surface area contributed by atoms with Gasteiger partial charge in [-0.1, -0.05) is 35.3 Å². The Balaban J connectivity index is 1.82. The average Bonchev–Trinajstić information content (AvgIpc) is 2.95. The number of thiazole rings is 1. The van der Waals surface area contributed by atoms with Crippen LogP contribution in [0.3, 0.4) is 0 Å². The predicted octanol–water partition coefficient (Wildman–Crippen LogP) is 4.75. The summed E-state index contributed by atoms with van der Waals surface area (Å²) in [5.41, 5.74) is 2.09. The smallest absolute Gasteiger partial charge is 0.263 e. The third-order valence-corrected chi connectivity index (χ3v) is 5.14. The number of hydrogen-bond donors (Lipinski definition) is 1. The van der Waals surface area contributed by atoms with E-state index in [4.69, 9.17) is 23.2 Å². The van der Waals surface area contributed by atoms with Gasteiger partial charge in [0.2, 0.25) is 0 Å². The highest BCUT2D eigenvalue weighted by molar-refractivity contribution is 7.17. The van der Waals surface area contributed by atoms with E-state index in [1.54, 1.807) is 31.3 Å². The molecule has 0 aliphatic rings. The zero-order chi connectivity index (χ0) is 17.1. The van der Waals surface area contributed by atoms with Crippen molar-refractivity contribution in [3.63, 3.8) is 0 Å². The molecule has 3 aromatic rings. The van der Waals surface area contributed by atoms with Gasteiger partial charge in [-0.05, 0) is 31.2 Å². The molecular formula is C17H13Cl2N3OS. The van der Waals surface area contributed by atoms with E-state index in [-0.39, 0.29) is 5.91 Å². The lowest BCUT2D eigenvalue weighted by Gasteiger charge is -2.03. The van der Waals surface area contributed by atoms with Crippen molar-refractivity contribution in [1.82, 2.24) is 15.3 Å². The van der Waals surface area contributed by atoms with Crippen LogP contribution in [0.15, 0.2) is 42.6 Å². The van der Waals surface area contributed by atoms with Crippen molar-refractivity contribution in [3.05, 3.63) is 68.9 Å². The Morgan fingerprint density at radius 1 is 1.17 bits per heavy atom. The van der Waals surface area contributed by atoms with Crippen LogP contribution in [-0.4, -0.2) is 15.9 Å². The van der Waals surface area contributed by atoms with Gasteiger partial charge in [0.25, 0.3) is 5.91 Å². The maximum atomic E-state index is 12.4. The number of benzene rings is 1. The summed E-state index contributed by atoms with van der Waals surface area (Å²) in [6.07, 6.45) is 1.69. The van der Waals surface area contributed by atoms with Crippen LogP contribution in [0.4, 0.5) is 0 Å². The fourth-order valence-electron chi connectivity index (χ4n) is 2.17. The molecule has 3 rings (SSSR count). The Kier molecular flexibility index (Phi) is 5.14. The maximum absolute atomic E-state index is 12.4. The van der Waals surface area contributed by atoms with Gasteiger partial charge >= 0.3 is 0 Å². The zero-order valence-electron chi connectivity index (χ0n) is 12.7. The second kappa shape index (κ2) is 7.30. The SMILES string of the molecule is Cc1nc(-c2c(Cl)cccc2Cl)sc1C(=O)NCc1ccccn1. The summed E-state index contributed by atoms with van der Waals surface area (Å²) in [5.74, 6) is -0.190. The molecule has 0 bridgehead atoms. The number of carbonyl (C=O) groups is 1. The minimum atomic E-state index is -0.190. The molecule has 0 saturated heterocycles. The van der Waals surface area contributed by atoms with Crippen molar-refractivity contribution in [1.29, 1.82) is 0 Å². The first kappa shape index (κ1) is 16.9. The summed E-state index contributed by atoms with van der Waals surface area (Å²) in [7, 11) is 0. The number of amides is 1. The van der Waals surface area contributed by atoms with Crippen molar-refractivity contribution in [2.75, 3.05) is 0 Å². The van der Waals surface area contributed by atoms with Gasteiger partial charge in [-0.3, -0.25) is 9.78 Å². The summed E-state index contributed by atoms with van der Waals surface area (Å²) < 4.78 is 0. The maximum Gasteiger partial charge on any atom is 0.263 e. The molecule has 0 radical (unpaired) electrons. The standard InChI is InChI=1S/C17H13Cl2N3OS/c1-10-15(16(23)21-9-11-5-2-3-8-20-11)24-17(22-10)14-12(18)6-4-7-13(14)19/h2-8H,9H2,1H3,(H,21,23). The molecule has 0 aliphatic carbocycles. The third-order valence-electron chi connectivity index (χ3n) is 3.34. The molecule has 7 heteroatoms. The molecule has 122 valence electrons. The Labute approximate surface area is 153 Å². The average molecular weight is 378 g/mol. The van der Waals surface area contributed by atoms with Crippen LogP contribution in [0, 0.1) is 6.92 Å². The number of aryl methyl sites for hydroxylation is 1. The summed E-state index contributed by atoms with van der Waals surface area (Å²) in [4.78, 5) is 21.6. The van der Waals surface area contributed by atoms with E-state index in [0.717, 1.165) is 5.69 Å². The van der Waals surface area contributed by atoms with E-state index >= 15 is 0 Å². The van der Waals surface area contributed by atoms with Crippen LogP contribution < -0.4 is 5.32 Å². The molecule has 0 aliphatic heterocycles. The van der Waals surface area contributed by atoms with Gasteiger partial charge in [0.05, 0.1) is 28.0 Å². The number of halogens is 2. The first-order chi connectivity index (χ1) is 11.6. The van der Waals surface area contributed by atoms with Gasteiger partial charge in [-0.25, -0.2) is 4.98 Å². The summed E-state index contributed by atoms with van der Waals surface area (Å²) >= 11 is 13.7. The van der Waals surface area contributed by atoms with Crippen molar-refractivity contribution >= 4 is 40.4 Å². The first-order valence-corrected chi connectivity index (χ1v) is 8.73. The zero-order valence-corrected chi connectivity index (χ0v) is 15.0. The normalized spacial score (nSPS) is 10.6. The lowest BCUT2D eigenvalue weighted by Crippen LogP contribution is -2.23. The molecule has 0 unspecified atom stereocenters. The van der Waals surface area contributed by atoms with Crippen LogP contribution in [-0.2, 0) is 6.54 Å². The molecule has 2 heterocycles. The lowest BCUT2D eigenvalue weighted by molar-refractivity contribution is 0.0953. The second-order valence-corrected chi connectivity index (χ2v) is 6.85. The molecule has 4 nitrogen and oxygen atoms in total. The number of pyridine rings is 1. The van der Waals surface area contributed by atoms with Gasteiger partial charge < -0.3 is 5.32 Å². The van der Waals surface area contributed by atoms with Gasteiger partial charge in [0.1, 0.15) is 9.88 Å². The molecule has 2 aromatic heterocycles. The van der Waals surface area contributed by atoms with Gasteiger partial charge in [-0.15, -0.1) is 11.3 Å². The second-order valence-electron chi connectivity index (χ2n) is 5.03. The Bertz CT molecular complexity index is 861. The van der Waals surface area contributed by atoms with Crippen LogP contribution in [0.2, 0.25) is 10.0 Å². The Morgan fingerprint density at radius 3 is 2.58 bits per heavy atom. The van der Waals surface area contributed by atoms with E-state index in [2.05, 4.69) is 15.3 Å². The number of hydrogen-bond acceptors (Lipinski definition) is 4. The van der Waals surface area contributed by atoms with Gasteiger partial charge in [0.15, 0.2) is 0 Å². The number of nitrogens with zero attached hydrogens (tertiary/aromatic N) is 2. The molecule has 24 heavy (non-hydrogen) atoms. The van der Waals surface area contributed by atoms with Crippen molar-refractivity contribution in [2.45, 2.75) is 13.5 Å². The fourth-order valence-corrected chi connectivity index (χ4v) is 3.91. The Hall–Kier alpha value is -1.95. The van der Waals surface area contributed by atoms with Crippen LogP contribution >= 0.6 is 34.5 Å². The minimum absolute atomic E-state index is 0.190. The quantitative estimate of drug-likeness (QED) is 0.713. The Morgan fingerprint density at radius 2 is 1.92 bits per heavy atom. The van der Waals surface area contributed by atoms with E-state index in [9.17, 15) is 4.79 Å². The molecule has 0 saturated carbocycles. The summed E-state index contributed by atoms with van der Waals surface area (Å²) in [5, 5.41) is 4.51. The fraction of sp³-hybridized carbons (Fsp3) is 0.118. The largest absolute Gasteiger partial charge is 0.346 e. The van der Waals surface area contributed by atoms with Crippen LogP contribution in [0.25, 0.3) is 10.6 Å². The van der Waals surface area contributed by atoms with E-state index in [0.29, 0.717) is 37.7 Å². The highest BCUT2D eigenvalue weighted by Gasteiger charge is 2.19. The first-order valence-electron chi connectivity index (χ1n) is 7.16. The third kappa shape index (κ3) is 3.59. The highest BCUT2D eigenvalue weighted by Crippen LogP contribution is 2.37. The summed E-state index contributed by atoms with van der Waals surface area (Å²) in [6, 6.07) is 10.8. The van der Waals surface area contributed by atoms with Gasteiger partial charge in [-0.2, -0.15) is 0 Å². The number of rotatable bonds is 4. The lowest BCUT2D eigenvalue weighted by atomic mass is 10.2. The molecule has 0 fully saturated rings. The molecule has 0 atom stereocenters. The number of aromatic nitrogens is 2. The van der Waals surface area contributed by atoms with Crippen LogP contribution in [0.1, 0.15) is 21.1 Å². The molecule has 1 aromatic carbocycles. The van der Waals surface area contributed by atoms with Crippen molar-refractivity contribution < 1.29 is 4.79 Å². The van der Waals surface area contributed by atoms with E-state index in [1.807, 2.05) is 18.2 Å². The van der Waals surface area contributed by atoms with E-state index < -0.39 is 0 Å². The van der Waals surface area contributed by atoms with Crippen molar-refractivity contribution in [3.8, 4) is 10.6 Å². The molecule has 1 amide bonds. The summed E-state index contributed by atoms with van der Waals surface area (Å²) in [6.45, 7) is 2.15. The predicted molar refractivity (Wildman–Crippen MR) is 97.7 cm³/mol. The number of carbonyl (C=O) groups excluding carboxylic acids is 1.